The van der Waals surface area contributed by atoms with Gasteiger partial charge in [-0.2, -0.15) is 0 Å². The molecule has 4 nitrogen and oxygen atoms in total. The van der Waals surface area contributed by atoms with Crippen LogP contribution in [-0.2, 0) is 0 Å². The van der Waals surface area contributed by atoms with Crippen molar-refractivity contribution in [2.24, 2.45) is 0 Å². The van der Waals surface area contributed by atoms with Crippen molar-refractivity contribution < 1.29 is 4.79 Å². The predicted octanol–water partition coefficient (Wildman–Crippen LogP) is 2.21. The minimum Gasteiger partial charge on any atom is -0.335 e. The van der Waals surface area contributed by atoms with Crippen molar-refractivity contribution >= 4 is 12.1 Å². The molecule has 0 saturated carbocycles. The van der Waals surface area contributed by atoms with Gasteiger partial charge in [-0.15, -0.1) is 6.58 Å². The van der Waals surface area contributed by atoms with E-state index < -0.39 is 0 Å². The molecule has 112 valence electrons. The Kier molecular flexibility index (Phi) is 6.03. The molecule has 1 aliphatic rings. The van der Waals surface area contributed by atoms with Crippen molar-refractivity contribution in [2.45, 2.75) is 0 Å². The summed E-state index contributed by atoms with van der Waals surface area (Å²) in [6.07, 6.45) is 6.02. The van der Waals surface area contributed by atoms with Gasteiger partial charge in [0.2, 0.25) is 0 Å². The van der Waals surface area contributed by atoms with E-state index in [9.17, 15) is 4.79 Å². The second-order valence-corrected chi connectivity index (χ2v) is 5.08. The quantitative estimate of drug-likeness (QED) is 0.842. The molecular formula is C17H23N3O. The van der Waals surface area contributed by atoms with Crippen LogP contribution in [0.2, 0.25) is 0 Å². The fraction of sp³-hybridized carbons (Fsp3) is 0.353. The number of urea groups is 1. The lowest BCUT2D eigenvalue weighted by molar-refractivity contribution is 0.147. The fourth-order valence-electron chi connectivity index (χ4n) is 2.31. The van der Waals surface area contributed by atoms with Crippen LogP contribution in [0.15, 0.2) is 49.1 Å². The molecule has 1 N–H and O–H groups in total. The van der Waals surface area contributed by atoms with Gasteiger partial charge in [-0.25, -0.2) is 4.79 Å². The standard InChI is InChI=1S/C17H23N3O/c1-2-10-18-17(21)20-14-12-19(13-15-20)11-6-9-16-7-4-3-5-8-16/h2-9H,1,10-15H2,(H,18,21)/b9-6+. The molecule has 2 amide bonds. The molecule has 1 fully saturated rings. The highest BCUT2D eigenvalue weighted by molar-refractivity contribution is 5.74. The van der Waals surface area contributed by atoms with E-state index in [1.807, 2.05) is 23.1 Å². The van der Waals surface area contributed by atoms with Crippen LogP contribution in [0.4, 0.5) is 4.79 Å². The summed E-state index contributed by atoms with van der Waals surface area (Å²) in [7, 11) is 0. The average Bonchev–Trinajstić information content (AvgIpc) is 2.54. The average molecular weight is 285 g/mol. The topological polar surface area (TPSA) is 35.6 Å². The summed E-state index contributed by atoms with van der Waals surface area (Å²) in [5.41, 5.74) is 1.22. The third kappa shape index (κ3) is 5.08. The van der Waals surface area contributed by atoms with Crippen LogP contribution < -0.4 is 5.32 Å². The minimum absolute atomic E-state index is 0.00868. The predicted molar refractivity (Wildman–Crippen MR) is 87.1 cm³/mol. The van der Waals surface area contributed by atoms with Gasteiger partial charge in [0, 0.05) is 39.3 Å². The fourth-order valence-corrected chi connectivity index (χ4v) is 2.31. The molecule has 0 spiro atoms. The molecule has 0 unspecified atom stereocenters. The SMILES string of the molecule is C=CCNC(=O)N1CCN(C/C=C/c2ccccc2)CC1. The summed E-state index contributed by atoms with van der Waals surface area (Å²) >= 11 is 0. The van der Waals surface area contributed by atoms with Gasteiger partial charge in [0.15, 0.2) is 0 Å². The van der Waals surface area contributed by atoms with Crippen LogP contribution in [0.25, 0.3) is 6.08 Å². The molecule has 0 aliphatic carbocycles. The van der Waals surface area contributed by atoms with Crippen LogP contribution in [0, 0.1) is 0 Å². The van der Waals surface area contributed by atoms with E-state index in [2.05, 4.69) is 41.1 Å². The summed E-state index contributed by atoms with van der Waals surface area (Å²) in [4.78, 5) is 16.0. The molecular weight excluding hydrogens is 262 g/mol. The Morgan fingerprint density at radius 1 is 1.19 bits per heavy atom. The number of rotatable bonds is 5. The summed E-state index contributed by atoms with van der Waals surface area (Å²) < 4.78 is 0. The van der Waals surface area contributed by atoms with Crippen molar-refractivity contribution in [3.63, 3.8) is 0 Å². The van der Waals surface area contributed by atoms with E-state index in [0.29, 0.717) is 6.54 Å². The summed E-state index contributed by atoms with van der Waals surface area (Å²) in [6.45, 7) is 8.45. The Balaban J connectivity index is 1.70. The third-order valence-electron chi connectivity index (χ3n) is 3.53. The lowest BCUT2D eigenvalue weighted by Crippen LogP contribution is -2.51. The Bertz CT molecular complexity index is 476. The maximum absolute atomic E-state index is 11.8. The highest BCUT2D eigenvalue weighted by Crippen LogP contribution is 2.04. The van der Waals surface area contributed by atoms with E-state index in [0.717, 1.165) is 32.7 Å². The van der Waals surface area contributed by atoms with Gasteiger partial charge < -0.3 is 10.2 Å². The Morgan fingerprint density at radius 3 is 2.57 bits per heavy atom. The number of hydrogen-bond donors (Lipinski definition) is 1. The number of nitrogens with zero attached hydrogens (tertiary/aromatic N) is 2. The molecule has 0 bridgehead atoms. The molecule has 1 aromatic rings. The van der Waals surface area contributed by atoms with E-state index in [1.54, 1.807) is 6.08 Å². The van der Waals surface area contributed by atoms with Crippen molar-refractivity contribution in [1.82, 2.24) is 15.1 Å². The number of nitrogens with one attached hydrogen (secondary N) is 1. The van der Waals surface area contributed by atoms with E-state index in [4.69, 9.17) is 0 Å². The lowest BCUT2D eigenvalue weighted by Gasteiger charge is -2.34. The van der Waals surface area contributed by atoms with Gasteiger partial charge in [0.1, 0.15) is 0 Å². The highest BCUT2D eigenvalue weighted by atomic mass is 16.2. The van der Waals surface area contributed by atoms with Crippen LogP contribution in [-0.4, -0.2) is 55.1 Å². The van der Waals surface area contributed by atoms with Crippen LogP contribution in [0.1, 0.15) is 5.56 Å². The van der Waals surface area contributed by atoms with Gasteiger partial charge in [0.25, 0.3) is 0 Å². The molecule has 1 saturated heterocycles. The minimum atomic E-state index is 0.00868. The number of hydrogen-bond acceptors (Lipinski definition) is 2. The number of carbonyl (C=O) groups excluding carboxylic acids is 1. The first-order chi connectivity index (χ1) is 10.3. The summed E-state index contributed by atoms with van der Waals surface area (Å²) in [6, 6.07) is 10.3. The van der Waals surface area contributed by atoms with Crippen molar-refractivity contribution in [2.75, 3.05) is 39.3 Å². The smallest absolute Gasteiger partial charge is 0.317 e. The summed E-state index contributed by atoms with van der Waals surface area (Å²) in [5, 5.41) is 2.82. The van der Waals surface area contributed by atoms with E-state index in [-0.39, 0.29) is 6.03 Å². The molecule has 1 aliphatic heterocycles. The van der Waals surface area contributed by atoms with Crippen LogP contribution >= 0.6 is 0 Å². The van der Waals surface area contributed by atoms with Gasteiger partial charge in [-0.05, 0) is 5.56 Å². The number of piperazine rings is 1. The molecule has 0 radical (unpaired) electrons. The first-order valence-corrected chi connectivity index (χ1v) is 7.37. The number of amides is 2. The molecule has 0 aromatic heterocycles. The van der Waals surface area contributed by atoms with Crippen molar-refractivity contribution in [3.8, 4) is 0 Å². The van der Waals surface area contributed by atoms with Crippen molar-refractivity contribution in [3.05, 3.63) is 54.6 Å². The molecule has 21 heavy (non-hydrogen) atoms. The normalized spacial score (nSPS) is 16.1. The first-order valence-electron chi connectivity index (χ1n) is 7.37. The second kappa shape index (κ2) is 8.27. The monoisotopic (exact) mass is 285 g/mol. The summed E-state index contributed by atoms with van der Waals surface area (Å²) in [5.74, 6) is 0. The Hall–Kier alpha value is -2.07. The van der Waals surface area contributed by atoms with Crippen molar-refractivity contribution in [1.29, 1.82) is 0 Å². The first kappa shape index (κ1) is 15.3. The maximum atomic E-state index is 11.8. The van der Waals surface area contributed by atoms with E-state index >= 15 is 0 Å². The zero-order valence-electron chi connectivity index (χ0n) is 12.4. The number of carbonyl (C=O) groups is 1. The number of benzene rings is 1. The Morgan fingerprint density at radius 2 is 1.90 bits per heavy atom. The molecule has 2 rings (SSSR count). The molecule has 1 heterocycles. The van der Waals surface area contributed by atoms with Gasteiger partial charge in [-0.1, -0.05) is 48.6 Å². The van der Waals surface area contributed by atoms with Gasteiger partial charge >= 0.3 is 6.03 Å². The highest BCUT2D eigenvalue weighted by Gasteiger charge is 2.19. The largest absolute Gasteiger partial charge is 0.335 e. The van der Waals surface area contributed by atoms with Gasteiger partial charge in [0.05, 0.1) is 0 Å². The zero-order chi connectivity index (χ0) is 14.9. The van der Waals surface area contributed by atoms with Crippen LogP contribution in [0.3, 0.4) is 0 Å². The molecule has 1 aromatic carbocycles. The zero-order valence-corrected chi connectivity index (χ0v) is 12.4. The maximum Gasteiger partial charge on any atom is 0.317 e. The Labute approximate surface area is 126 Å². The molecule has 4 heteroatoms. The van der Waals surface area contributed by atoms with Gasteiger partial charge in [-0.3, -0.25) is 4.90 Å². The van der Waals surface area contributed by atoms with Crippen LogP contribution in [0.5, 0.6) is 0 Å². The lowest BCUT2D eigenvalue weighted by atomic mass is 10.2. The molecule has 0 atom stereocenters. The van der Waals surface area contributed by atoms with E-state index in [1.165, 1.54) is 5.56 Å². The second-order valence-electron chi connectivity index (χ2n) is 5.08. The third-order valence-corrected chi connectivity index (χ3v) is 3.53.